The quantitative estimate of drug-likeness (QED) is 0.812. The van der Waals surface area contributed by atoms with Crippen LogP contribution in [0.4, 0.5) is 0 Å². The number of amides is 2. The number of carbonyl (C=O) groups excluding carboxylic acids is 2. The Kier molecular flexibility index (Phi) is 6.42. The summed E-state index contributed by atoms with van der Waals surface area (Å²) in [5, 5.41) is 0. The molecule has 138 valence electrons. The summed E-state index contributed by atoms with van der Waals surface area (Å²) in [6, 6.07) is 7.56. The van der Waals surface area contributed by atoms with Gasteiger partial charge in [0.1, 0.15) is 11.8 Å². The van der Waals surface area contributed by atoms with Crippen LogP contribution in [0, 0.1) is 0 Å². The van der Waals surface area contributed by atoms with Crippen molar-refractivity contribution in [3.05, 3.63) is 29.8 Å². The molecule has 0 N–H and O–H groups in total. The second-order valence-corrected chi connectivity index (χ2v) is 6.97. The first-order valence-electron chi connectivity index (χ1n) is 8.75. The van der Waals surface area contributed by atoms with E-state index in [4.69, 9.17) is 4.74 Å². The summed E-state index contributed by atoms with van der Waals surface area (Å²) < 4.78 is 5.89. The average molecular weight is 347 g/mol. The average Bonchev–Trinajstić information content (AvgIpc) is 2.55. The Morgan fingerprint density at radius 2 is 1.92 bits per heavy atom. The minimum atomic E-state index is -0.431. The van der Waals surface area contributed by atoms with Gasteiger partial charge in [-0.25, -0.2) is 0 Å². The Labute approximate surface area is 150 Å². The monoisotopic (exact) mass is 347 g/mol. The number of ether oxygens (including phenoxy) is 1. The van der Waals surface area contributed by atoms with Gasteiger partial charge in [-0.3, -0.25) is 14.5 Å². The van der Waals surface area contributed by atoms with Gasteiger partial charge < -0.3 is 14.5 Å². The molecular formula is C19H29N3O3. The molecule has 0 aromatic heterocycles. The molecular weight excluding hydrogens is 318 g/mol. The number of hydrogen-bond donors (Lipinski definition) is 0. The van der Waals surface area contributed by atoms with Crippen LogP contribution in [0.5, 0.6) is 5.75 Å². The lowest BCUT2D eigenvalue weighted by Gasteiger charge is -2.41. The lowest BCUT2D eigenvalue weighted by Crippen LogP contribution is -2.59. The molecule has 0 aliphatic carbocycles. The molecule has 2 rings (SSSR count). The fourth-order valence-corrected chi connectivity index (χ4v) is 3.11. The van der Waals surface area contributed by atoms with E-state index in [0.717, 1.165) is 17.9 Å². The van der Waals surface area contributed by atoms with Gasteiger partial charge in [0.15, 0.2) is 0 Å². The van der Waals surface area contributed by atoms with Gasteiger partial charge >= 0.3 is 0 Å². The molecule has 1 aromatic carbocycles. The summed E-state index contributed by atoms with van der Waals surface area (Å²) in [6.07, 6.45) is 0.110. The standard InChI is InChI=1S/C19H29N3O3/c1-14(2)25-18-9-7-6-8-16(18)12-21-10-11-22(15(3)23)17(13-21)19(24)20(4)5/h6-9,14,17H,10-13H2,1-5H3/t17-/m0/s1. The zero-order valence-electron chi connectivity index (χ0n) is 15.9. The van der Waals surface area contributed by atoms with E-state index >= 15 is 0 Å². The molecule has 6 heteroatoms. The number of para-hydroxylation sites is 1. The molecule has 1 atom stereocenters. The molecule has 1 fully saturated rings. The van der Waals surface area contributed by atoms with E-state index in [0.29, 0.717) is 19.6 Å². The molecule has 1 heterocycles. The van der Waals surface area contributed by atoms with Crippen LogP contribution in [0.1, 0.15) is 26.3 Å². The third kappa shape index (κ3) is 4.95. The molecule has 0 bridgehead atoms. The van der Waals surface area contributed by atoms with Crippen molar-refractivity contribution in [1.82, 2.24) is 14.7 Å². The van der Waals surface area contributed by atoms with E-state index in [1.54, 1.807) is 23.9 Å². The maximum absolute atomic E-state index is 12.5. The Morgan fingerprint density at radius 3 is 2.52 bits per heavy atom. The fraction of sp³-hybridized carbons (Fsp3) is 0.579. The molecule has 1 aliphatic heterocycles. The van der Waals surface area contributed by atoms with Gasteiger partial charge in [0.25, 0.3) is 0 Å². The van der Waals surface area contributed by atoms with Crippen molar-refractivity contribution in [2.45, 2.75) is 39.5 Å². The molecule has 25 heavy (non-hydrogen) atoms. The fourth-order valence-electron chi connectivity index (χ4n) is 3.11. The first-order valence-corrected chi connectivity index (χ1v) is 8.75. The van der Waals surface area contributed by atoms with Crippen LogP contribution in [-0.2, 0) is 16.1 Å². The first kappa shape index (κ1) is 19.2. The highest BCUT2D eigenvalue weighted by Crippen LogP contribution is 2.23. The number of likely N-dealkylation sites (N-methyl/N-ethyl adjacent to an activating group) is 1. The Morgan fingerprint density at radius 1 is 1.24 bits per heavy atom. The number of nitrogens with zero attached hydrogens (tertiary/aromatic N) is 3. The second kappa shape index (κ2) is 8.34. The highest BCUT2D eigenvalue weighted by atomic mass is 16.5. The van der Waals surface area contributed by atoms with E-state index in [1.165, 1.54) is 6.92 Å². The van der Waals surface area contributed by atoms with Gasteiger partial charge in [-0.05, 0) is 19.9 Å². The van der Waals surface area contributed by atoms with Crippen molar-refractivity contribution >= 4 is 11.8 Å². The van der Waals surface area contributed by atoms with Crippen LogP contribution in [0.2, 0.25) is 0 Å². The summed E-state index contributed by atoms with van der Waals surface area (Å²) in [5.41, 5.74) is 1.10. The smallest absolute Gasteiger partial charge is 0.246 e. The van der Waals surface area contributed by atoms with Crippen LogP contribution in [-0.4, -0.2) is 72.4 Å². The molecule has 6 nitrogen and oxygen atoms in total. The van der Waals surface area contributed by atoms with Crippen LogP contribution >= 0.6 is 0 Å². The summed E-state index contributed by atoms with van der Waals surface area (Å²) in [7, 11) is 3.46. The predicted molar refractivity (Wildman–Crippen MR) is 97.4 cm³/mol. The molecule has 0 unspecified atom stereocenters. The molecule has 0 spiro atoms. The largest absolute Gasteiger partial charge is 0.491 e. The molecule has 0 saturated carbocycles. The lowest BCUT2D eigenvalue weighted by molar-refractivity contribution is -0.146. The summed E-state index contributed by atoms with van der Waals surface area (Å²) >= 11 is 0. The summed E-state index contributed by atoms with van der Waals surface area (Å²) in [6.45, 7) is 8.08. The van der Waals surface area contributed by atoms with Crippen LogP contribution in [0.15, 0.2) is 24.3 Å². The zero-order chi connectivity index (χ0) is 18.6. The van der Waals surface area contributed by atoms with Gasteiger partial charge in [-0.1, -0.05) is 18.2 Å². The van der Waals surface area contributed by atoms with Gasteiger partial charge in [0.05, 0.1) is 6.10 Å². The van der Waals surface area contributed by atoms with E-state index in [2.05, 4.69) is 11.0 Å². The Bertz CT molecular complexity index is 616. The van der Waals surface area contributed by atoms with Crippen molar-refractivity contribution in [3.63, 3.8) is 0 Å². The number of piperazine rings is 1. The molecule has 0 radical (unpaired) electrons. The first-order chi connectivity index (χ1) is 11.8. The summed E-state index contributed by atoms with van der Waals surface area (Å²) in [5.74, 6) is 0.789. The highest BCUT2D eigenvalue weighted by molar-refractivity contribution is 5.87. The molecule has 1 saturated heterocycles. The van der Waals surface area contributed by atoms with Gasteiger partial charge in [0, 0.05) is 52.8 Å². The highest BCUT2D eigenvalue weighted by Gasteiger charge is 2.34. The SMILES string of the molecule is CC(=O)N1CCN(Cc2ccccc2OC(C)C)C[C@H]1C(=O)N(C)C. The van der Waals surface area contributed by atoms with E-state index < -0.39 is 6.04 Å². The lowest BCUT2D eigenvalue weighted by atomic mass is 10.1. The summed E-state index contributed by atoms with van der Waals surface area (Å²) in [4.78, 5) is 29.8. The van der Waals surface area contributed by atoms with Crippen LogP contribution in [0.25, 0.3) is 0 Å². The number of carbonyl (C=O) groups is 2. The second-order valence-electron chi connectivity index (χ2n) is 6.97. The maximum atomic E-state index is 12.5. The van der Waals surface area contributed by atoms with Crippen LogP contribution in [0.3, 0.4) is 0 Å². The molecule has 1 aromatic rings. The number of benzene rings is 1. The van der Waals surface area contributed by atoms with Crippen molar-refractivity contribution < 1.29 is 14.3 Å². The van der Waals surface area contributed by atoms with Gasteiger partial charge in [-0.2, -0.15) is 0 Å². The van der Waals surface area contributed by atoms with Crippen LogP contribution < -0.4 is 4.74 Å². The van der Waals surface area contributed by atoms with Gasteiger partial charge in [0.2, 0.25) is 11.8 Å². The zero-order valence-corrected chi connectivity index (χ0v) is 15.9. The van der Waals surface area contributed by atoms with Crippen molar-refractivity contribution in [2.75, 3.05) is 33.7 Å². The molecule has 1 aliphatic rings. The van der Waals surface area contributed by atoms with Crippen molar-refractivity contribution in [1.29, 1.82) is 0 Å². The predicted octanol–water partition coefficient (Wildman–Crippen LogP) is 1.59. The topological polar surface area (TPSA) is 53.1 Å². The van der Waals surface area contributed by atoms with E-state index in [-0.39, 0.29) is 17.9 Å². The van der Waals surface area contributed by atoms with Crippen molar-refractivity contribution in [2.24, 2.45) is 0 Å². The Hall–Kier alpha value is -2.08. The van der Waals surface area contributed by atoms with E-state index in [1.807, 2.05) is 32.0 Å². The Balaban J connectivity index is 2.14. The maximum Gasteiger partial charge on any atom is 0.246 e. The van der Waals surface area contributed by atoms with E-state index in [9.17, 15) is 9.59 Å². The minimum absolute atomic E-state index is 0.0355. The number of hydrogen-bond acceptors (Lipinski definition) is 4. The minimum Gasteiger partial charge on any atom is -0.491 e. The normalized spacial score (nSPS) is 18.3. The number of rotatable bonds is 5. The third-order valence-corrected chi connectivity index (χ3v) is 4.32. The molecule has 2 amide bonds. The third-order valence-electron chi connectivity index (χ3n) is 4.32. The van der Waals surface area contributed by atoms with Gasteiger partial charge in [-0.15, -0.1) is 0 Å². The van der Waals surface area contributed by atoms with Crippen molar-refractivity contribution in [3.8, 4) is 5.75 Å².